The van der Waals surface area contributed by atoms with Crippen LogP contribution in [0.5, 0.6) is 11.5 Å². The van der Waals surface area contributed by atoms with Gasteiger partial charge in [0.2, 0.25) is 0 Å². The minimum Gasteiger partial charge on any atom is -0.505 e. The molecule has 0 radical (unpaired) electrons. The molecular weight excluding hydrogens is 531 g/mol. The summed E-state index contributed by atoms with van der Waals surface area (Å²) in [6, 6.07) is 8.53. The summed E-state index contributed by atoms with van der Waals surface area (Å²) in [6.07, 6.45) is -2.08. The fourth-order valence-corrected chi connectivity index (χ4v) is 5.72. The lowest BCUT2D eigenvalue weighted by atomic mass is 10.0. The lowest BCUT2D eigenvalue weighted by Gasteiger charge is -2.15. The number of nitrogens with zero attached hydrogens (tertiary/aromatic N) is 5. The number of ether oxygens (including phenoxy) is 1. The van der Waals surface area contributed by atoms with Gasteiger partial charge in [0, 0.05) is 10.9 Å². The highest BCUT2D eigenvalue weighted by molar-refractivity contribution is 7.25. The molecule has 1 saturated carbocycles. The van der Waals surface area contributed by atoms with Gasteiger partial charge < -0.3 is 9.84 Å². The van der Waals surface area contributed by atoms with E-state index in [4.69, 9.17) is 21.3 Å². The zero-order chi connectivity index (χ0) is 26.1. The Labute approximate surface area is 215 Å². The van der Waals surface area contributed by atoms with Crippen LogP contribution in [0.4, 0.5) is 13.2 Å². The number of aromatic hydroxyl groups is 1. The van der Waals surface area contributed by atoms with Crippen LogP contribution in [0.3, 0.4) is 0 Å². The Bertz CT molecular complexity index is 1760. The van der Waals surface area contributed by atoms with Crippen LogP contribution in [0, 0.1) is 0 Å². The van der Waals surface area contributed by atoms with E-state index in [0.717, 1.165) is 35.9 Å². The number of thiophene rings is 1. The predicted octanol–water partition coefficient (Wildman–Crippen LogP) is 5.64. The Morgan fingerprint density at radius 3 is 2.70 bits per heavy atom. The van der Waals surface area contributed by atoms with Crippen molar-refractivity contribution in [1.29, 1.82) is 0 Å². The van der Waals surface area contributed by atoms with Gasteiger partial charge in [0.05, 0.1) is 35.0 Å². The number of benzene rings is 2. The average Bonchev–Trinajstić information content (AvgIpc) is 3.47. The number of alkyl halides is 3. The molecule has 1 N–H and O–H groups in total. The lowest BCUT2D eigenvalue weighted by molar-refractivity contribution is -0.213. The first kappa shape index (κ1) is 23.7. The number of phenols is 1. The first-order valence-corrected chi connectivity index (χ1v) is 12.4. The van der Waals surface area contributed by atoms with E-state index in [1.807, 2.05) is 6.07 Å². The van der Waals surface area contributed by atoms with Crippen LogP contribution in [0.1, 0.15) is 30.0 Å². The van der Waals surface area contributed by atoms with Crippen LogP contribution in [0.25, 0.3) is 31.7 Å². The minimum atomic E-state index is -4.74. The Morgan fingerprint density at radius 2 is 2.03 bits per heavy atom. The third kappa shape index (κ3) is 4.00. The van der Waals surface area contributed by atoms with Crippen molar-refractivity contribution in [2.75, 3.05) is 7.11 Å². The maximum atomic E-state index is 13.9. The largest absolute Gasteiger partial charge is 0.505 e. The van der Waals surface area contributed by atoms with Crippen molar-refractivity contribution in [2.45, 2.75) is 31.6 Å². The second-order valence-electron chi connectivity index (χ2n) is 8.73. The monoisotopic (exact) mass is 547 g/mol. The number of fused-ring (bicyclic) bond motifs is 3. The summed E-state index contributed by atoms with van der Waals surface area (Å²) in [5, 5.41) is 18.1. The summed E-state index contributed by atoms with van der Waals surface area (Å²) in [7, 11) is 1.56. The Morgan fingerprint density at radius 1 is 1.24 bits per heavy atom. The normalized spacial score (nSPS) is 14.1. The molecule has 0 saturated heterocycles. The van der Waals surface area contributed by atoms with Gasteiger partial charge in [0.15, 0.2) is 5.75 Å². The van der Waals surface area contributed by atoms with Gasteiger partial charge in [0.25, 0.3) is 5.56 Å². The first-order valence-electron chi connectivity index (χ1n) is 11.2. The molecule has 2 aromatic carbocycles. The summed E-state index contributed by atoms with van der Waals surface area (Å²) in [5.74, 6) is 1.02. The quantitative estimate of drug-likeness (QED) is 0.306. The summed E-state index contributed by atoms with van der Waals surface area (Å²) in [6.45, 7) is -0.291. The molecule has 0 unspecified atom stereocenters. The summed E-state index contributed by atoms with van der Waals surface area (Å²) in [4.78, 5) is 19.1. The van der Waals surface area contributed by atoms with Gasteiger partial charge in [-0.3, -0.25) is 9.36 Å². The highest BCUT2D eigenvalue weighted by Crippen LogP contribution is 2.46. The molecule has 0 amide bonds. The molecule has 190 valence electrons. The van der Waals surface area contributed by atoms with Crippen molar-refractivity contribution in [3.05, 3.63) is 63.2 Å². The third-order valence-corrected chi connectivity index (χ3v) is 7.74. The van der Waals surface area contributed by atoms with Crippen molar-refractivity contribution < 1.29 is 23.0 Å². The standard InChI is InChI=1S/C24H17ClF3N5O3S/c1-36-13-4-5-14(16(8-13)11-2-3-11)21-29-22-18(15-6-7-17(25)19(34)20(15)37-22)23(35)32(21)9-12-10-33(31-30-12)24(26,27)28/h4-8,10-11,34H,2-3,9H2,1H3. The first-order chi connectivity index (χ1) is 17.7. The van der Waals surface area contributed by atoms with Gasteiger partial charge in [-0.05, 0) is 48.6 Å². The summed E-state index contributed by atoms with van der Waals surface area (Å²) in [5.41, 5.74) is 1.07. The molecule has 6 rings (SSSR count). The number of halogens is 4. The molecule has 13 heteroatoms. The molecule has 1 aliphatic rings. The predicted molar refractivity (Wildman–Crippen MR) is 132 cm³/mol. The van der Waals surface area contributed by atoms with Crippen LogP contribution in [-0.2, 0) is 12.8 Å². The van der Waals surface area contributed by atoms with Crippen molar-refractivity contribution in [2.24, 2.45) is 0 Å². The molecule has 1 aliphatic carbocycles. The van der Waals surface area contributed by atoms with E-state index in [1.54, 1.807) is 25.3 Å². The maximum Gasteiger partial charge on any atom is 0.505 e. The van der Waals surface area contributed by atoms with Gasteiger partial charge in [-0.15, -0.1) is 29.6 Å². The van der Waals surface area contributed by atoms with Crippen molar-refractivity contribution in [3.63, 3.8) is 0 Å². The van der Waals surface area contributed by atoms with Crippen molar-refractivity contribution >= 4 is 43.2 Å². The fourth-order valence-electron chi connectivity index (χ4n) is 4.40. The topological polar surface area (TPSA) is 95.1 Å². The van der Waals surface area contributed by atoms with E-state index >= 15 is 0 Å². The van der Waals surface area contributed by atoms with Gasteiger partial charge in [-0.25, -0.2) is 4.98 Å². The number of phenolic OH excluding ortho intramolecular Hbond substituents is 1. The van der Waals surface area contributed by atoms with E-state index < -0.39 is 11.9 Å². The van der Waals surface area contributed by atoms with Crippen LogP contribution in [-0.4, -0.2) is 36.8 Å². The van der Waals surface area contributed by atoms with E-state index in [0.29, 0.717) is 26.2 Å². The number of hydrogen-bond donors (Lipinski definition) is 1. The second-order valence-corrected chi connectivity index (χ2v) is 10.1. The zero-order valence-electron chi connectivity index (χ0n) is 19.1. The zero-order valence-corrected chi connectivity index (χ0v) is 20.7. The van der Waals surface area contributed by atoms with Crippen molar-refractivity contribution in [3.8, 4) is 22.9 Å². The fraction of sp³-hybridized carbons (Fsp3) is 0.250. The molecule has 0 atom stereocenters. The molecule has 0 aliphatic heterocycles. The molecular formula is C24H17ClF3N5O3S. The third-order valence-electron chi connectivity index (χ3n) is 6.32. The Hall–Kier alpha value is -3.64. The molecule has 5 aromatic rings. The smallest absolute Gasteiger partial charge is 0.505 e. The second kappa shape index (κ2) is 8.45. The van der Waals surface area contributed by atoms with Crippen LogP contribution in [0.15, 0.2) is 41.3 Å². The molecule has 0 bridgehead atoms. The molecule has 1 fully saturated rings. The molecule has 3 heterocycles. The molecule has 8 nitrogen and oxygen atoms in total. The molecule has 0 spiro atoms. The number of aromatic nitrogens is 5. The maximum absolute atomic E-state index is 13.9. The Kier molecular flexibility index (Phi) is 5.42. The Balaban J connectivity index is 1.63. The number of methoxy groups -OCH3 is 1. The summed E-state index contributed by atoms with van der Waals surface area (Å²) < 4.78 is 46.3. The average molecular weight is 548 g/mol. The van der Waals surface area contributed by atoms with E-state index in [-0.39, 0.29) is 44.8 Å². The van der Waals surface area contributed by atoms with E-state index in [9.17, 15) is 23.1 Å². The van der Waals surface area contributed by atoms with Crippen LogP contribution in [0.2, 0.25) is 5.02 Å². The number of rotatable bonds is 5. The SMILES string of the molecule is COc1ccc(-c2nc3sc4c(O)c(Cl)ccc4c3c(=O)n2Cc2cn(C(F)(F)F)nn2)c(C2CC2)c1. The lowest BCUT2D eigenvalue weighted by Crippen LogP contribution is -2.24. The van der Waals surface area contributed by atoms with Gasteiger partial charge in [0.1, 0.15) is 22.1 Å². The van der Waals surface area contributed by atoms with Crippen LogP contribution >= 0.6 is 22.9 Å². The van der Waals surface area contributed by atoms with Crippen LogP contribution < -0.4 is 10.3 Å². The molecule has 37 heavy (non-hydrogen) atoms. The van der Waals surface area contributed by atoms with E-state index in [1.165, 1.54) is 10.6 Å². The highest BCUT2D eigenvalue weighted by Gasteiger charge is 2.33. The minimum absolute atomic E-state index is 0.0614. The highest BCUT2D eigenvalue weighted by atomic mass is 35.5. The van der Waals surface area contributed by atoms with E-state index in [2.05, 4.69) is 10.3 Å². The summed E-state index contributed by atoms with van der Waals surface area (Å²) >= 11 is 7.20. The van der Waals surface area contributed by atoms with Crippen molar-refractivity contribution in [1.82, 2.24) is 24.5 Å². The van der Waals surface area contributed by atoms with Gasteiger partial charge in [-0.1, -0.05) is 22.9 Å². The van der Waals surface area contributed by atoms with Gasteiger partial charge >= 0.3 is 6.30 Å². The molecule has 3 aromatic heterocycles. The van der Waals surface area contributed by atoms with Gasteiger partial charge in [-0.2, -0.15) is 4.68 Å². The number of hydrogen-bond acceptors (Lipinski definition) is 7.